The second-order valence-electron chi connectivity index (χ2n) is 6.01. The lowest BCUT2D eigenvalue weighted by Gasteiger charge is -2.21. The molecule has 0 saturated carbocycles. The van der Waals surface area contributed by atoms with Gasteiger partial charge in [0.25, 0.3) is 0 Å². The van der Waals surface area contributed by atoms with E-state index in [0.29, 0.717) is 25.3 Å². The number of rotatable bonds is 5. The molecule has 5 nitrogen and oxygen atoms in total. The van der Waals surface area contributed by atoms with E-state index in [-0.39, 0.29) is 36.3 Å². The van der Waals surface area contributed by atoms with Crippen molar-refractivity contribution in [1.82, 2.24) is 15.5 Å². The van der Waals surface area contributed by atoms with Crippen LogP contribution in [0.15, 0.2) is 0 Å². The van der Waals surface area contributed by atoms with Gasteiger partial charge in [-0.25, -0.2) is 0 Å². The third kappa shape index (κ3) is 4.63. The molecule has 2 aliphatic rings. The second kappa shape index (κ2) is 7.84. The molecule has 2 saturated heterocycles. The Bertz CT molecular complexity index is 343. The van der Waals surface area contributed by atoms with Crippen LogP contribution in [0.3, 0.4) is 0 Å². The predicted octanol–water partition coefficient (Wildman–Crippen LogP) is 0.923. The summed E-state index contributed by atoms with van der Waals surface area (Å²) in [6, 6.07) is 0.225. The lowest BCUT2D eigenvalue weighted by Crippen LogP contribution is -2.38. The van der Waals surface area contributed by atoms with Gasteiger partial charge < -0.3 is 15.5 Å². The number of carbonyl (C=O) groups excluding carboxylic acids is 2. The zero-order valence-corrected chi connectivity index (χ0v) is 13.2. The standard InChI is InChI=1S/C14H25N3O2.ClH/c1-10(2)17-9-12(7-14(17)19)16-13(18)4-3-11-5-6-15-8-11;/h10-12,15H,3-9H2,1-2H3,(H,16,18);1H. The third-order valence-electron chi connectivity index (χ3n) is 4.09. The van der Waals surface area contributed by atoms with Crippen LogP contribution in [-0.4, -0.2) is 48.4 Å². The van der Waals surface area contributed by atoms with Gasteiger partial charge in [-0.1, -0.05) is 0 Å². The van der Waals surface area contributed by atoms with Crippen molar-refractivity contribution in [3.63, 3.8) is 0 Å². The van der Waals surface area contributed by atoms with Crippen molar-refractivity contribution >= 4 is 24.2 Å². The maximum absolute atomic E-state index is 11.9. The number of amides is 2. The molecule has 2 amide bonds. The molecule has 2 unspecified atom stereocenters. The number of nitrogens with zero attached hydrogens (tertiary/aromatic N) is 1. The van der Waals surface area contributed by atoms with Crippen LogP contribution in [0.25, 0.3) is 0 Å². The van der Waals surface area contributed by atoms with E-state index in [4.69, 9.17) is 0 Å². The Balaban J connectivity index is 0.00000200. The van der Waals surface area contributed by atoms with Crippen LogP contribution in [0.2, 0.25) is 0 Å². The first-order chi connectivity index (χ1) is 9.06. The Morgan fingerprint density at radius 1 is 1.50 bits per heavy atom. The topological polar surface area (TPSA) is 61.4 Å². The first kappa shape index (κ1) is 17.2. The minimum atomic E-state index is 0. The Morgan fingerprint density at radius 2 is 2.25 bits per heavy atom. The van der Waals surface area contributed by atoms with E-state index in [0.717, 1.165) is 19.5 Å². The van der Waals surface area contributed by atoms with Gasteiger partial charge in [0.2, 0.25) is 11.8 Å². The van der Waals surface area contributed by atoms with Crippen molar-refractivity contribution in [2.75, 3.05) is 19.6 Å². The SMILES string of the molecule is CC(C)N1CC(NC(=O)CCC2CCNC2)CC1=O.Cl. The Labute approximate surface area is 127 Å². The Hall–Kier alpha value is -0.810. The maximum Gasteiger partial charge on any atom is 0.225 e. The molecule has 116 valence electrons. The summed E-state index contributed by atoms with van der Waals surface area (Å²) in [5.74, 6) is 0.888. The average Bonchev–Trinajstić information content (AvgIpc) is 2.96. The van der Waals surface area contributed by atoms with Crippen LogP contribution in [0.1, 0.15) is 39.5 Å². The van der Waals surface area contributed by atoms with E-state index in [9.17, 15) is 9.59 Å². The van der Waals surface area contributed by atoms with Crippen LogP contribution in [0.4, 0.5) is 0 Å². The van der Waals surface area contributed by atoms with E-state index in [2.05, 4.69) is 10.6 Å². The summed E-state index contributed by atoms with van der Waals surface area (Å²) in [7, 11) is 0. The summed E-state index contributed by atoms with van der Waals surface area (Å²) < 4.78 is 0. The molecule has 0 radical (unpaired) electrons. The fraction of sp³-hybridized carbons (Fsp3) is 0.857. The molecule has 2 rings (SSSR count). The van der Waals surface area contributed by atoms with E-state index >= 15 is 0 Å². The number of halogens is 1. The van der Waals surface area contributed by atoms with Gasteiger partial charge >= 0.3 is 0 Å². The largest absolute Gasteiger partial charge is 0.351 e. The molecule has 2 N–H and O–H groups in total. The Morgan fingerprint density at radius 3 is 2.80 bits per heavy atom. The summed E-state index contributed by atoms with van der Waals surface area (Å²) in [6.45, 7) is 6.79. The predicted molar refractivity (Wildman–Crippen MR) is 80.9 cm³/mol. The number of carbonyl (C=O) groups is 2. The van der Waals surface area contributed by atoms with Crippen molar-refractivity contribution in [3.05, 3.63) is 0 Å². The molecule has 6 heteroatoms. The van der Waals surface area contributed by atoms with Gasteiger partial charge in [-0.2, -0.15) is 0 Å². The zero-order chi connectivity index (χ0) is 13.8. The fourth-order valence-electron chi connectivity index (χ4n) is 2.92. The van der Waals surface area contributed by atoms with Gasteiger partial charge in [-0.15, -0.1) is 12.4 Å². The van der Waals surface area contributed by atoms with Crippen molar-refractivity contribution in [1.29, 1.82) is 0 Å². The summed E-state index contributed by atoms with van der Waals surface area (Å²) in [4.78, 5) is 25.5. The summed E-state index contributed by atoms with van der Waals surface area (Å²) in [5, 5.41) is 6.31. The fourth-order valence-corrected chi connectivity index (χ4v) is 2.92. The molecule has 0 bridgehead atoms. The molecule has 2 fully saturated rings. The zero-order valence-electron chi connectivity index (χ0n) is 12.4. The van der Waals surface area contributed by atoms with Crippen LogP contribution in [0, 0.1) is 5.92 Å². The summed E-state index contributed by atoms with van der Waals surface area (Å²) in [5.41, 5.74) is 0. The minimum absolute atomic E-state index is 0. The molecular formula is C14H26ClN3O2. The minimum Gasteiger partial charge on any atom is -0.351 e. The van der Waals surface area contributed by atoms with E-state index in [1.54, 1.807) is 0 Å². The highest BCUT2D eigenvalue weighted by Crippen LogP contribution is 2.16. The van der Waals surface area contributed by atoms with Crippen molar-refractivity contribution < 1.29 is 9.59 Å². The van der Waals surface area contributed by atoms with Gasteiger partial charge in [0, 0.05) is 25.4 Å². The molecular weight excluding hydrogens is 278 g/mol. The molecule has 20 heavy (non-hydrogen) atoms. The number of hydrogen-bond acceptors (Lipinski definition) is 3. The van der Waals surface area contributed by atoms with Crippen LogP contribution < -0.4 is 10.6 Å². The van der Waals surface area contributed by atoms with Gasteiger partial charge in [0.05, 0.1) is 6.04 Å². The molecule has 2 atom stereocenters. The number of hydrogen-bond donors (Lipinski definition) is 2. The van der Waals surface area contributed by atoms with Crippen molar-refractivity contribution in [2.24, 2.45) is 5.92 Å². The van der Waals surface area contributed by atoms with Crippen LogP contribution >= 0.6 is 12.4 Å². The smallest absolute Gasteiger partial charge is 0.225 e. The molecule has 2 aliphatic heterocycles. The van der Waals surface area contributed by atoms with E-state index in [1.807, 2.05) is 18.7 Å². The van der Waals surface area contributed by atoms with Crippen molar-refractivity contribution in [2.45, 2.75) is 51.6 Å². The quantitative estimate of drug-likeness (QED) is 0.794. The molecule has 0 spiro atoms. The van der Waals surface area contributed by atoms with E-state index in [1.165, 1.54) is 6.42 Å². The molecule has 2 heterocycles. The first-order valence-corrected chi connectivity index (χ1v) is 7.36. The van der Waals surface area contributed by atoms with Gasteiger partial charge in [-0.3, -0.25) is 9.59 Å². The van der Waals surface area contributed by atoms with Crippen LogP contribution in [0.5, 0.6) is 0 Å². The lowest BCUT2D eigenvalue weighted by molar-refractivity contribution is -0.129. The molecule has 0 aliphatic carbocycles. The third-order valence-corrected chi connectivity index (χ3v) is 4.09. The normalized spacial score (nSPS) is 25.9. The number of likely N-dealkylation sites (tertiary alicyclic amines) is 1. The second-order valence-corrected chi connectivity index (χ2v) is 6.01. The summed E-state index contributed by atoms with van der Waals surface area (Å²) >= 11 is 0. The van der Waals surface area contributed by atoms with Crippen LogP contribution in [-0.2, 0) is 9.59 Å². The molecule has 0 aromatic heterocycles. The highest BCUT2D eigenvalue weighted by molar-refractivity contribution is 5.85. The summed E-state index contributed by atoms with van der Waals surface area (Å²) in [6.07, 6.45) is 3.16. The van der Waals surface area contributed by atoms with Gasteiger partial charge in [-0.05, 0) is 45.7 Å². The Kier molecular flexibility index (Phi) is 6.76. The van der Waals surface area contributed by atoms with Crippen molar-refractivity contribution in [3.8, 4) is 0 Å². The average molecular weight is 304 g/mol. The highest BCUT2D eigenvalue weighted by atomic mass is 35.5. The molecule has 0 aromatic rings. The maximum atomic E-state index is 11.9. The first-order valence-electron chi connectivity index (χ1n) is 7.36. The highest BCUT2D eigenvalue weighted by Gasteiger charge is 2.31. The molecule has 0 aromatic carbocycles. The van der Waals surface area contributed by atoms with Gasteiger partial charge in [0.1, 0.15) is 0 Å². The van der Waals surface area contributed by atoms with E-state index < -0.39 is 0 Å². The monoisotopic (exact) mass is 303 g/mol. The number of nitrogens with one attached hydrogen (secondary N) is 2. The lowest BCUT2D eigenvalue weighted by atomic mass is 10.0. The van der Waals surface area contributed by atoms with Gasteiger partial charge in [0.15, 0.2) is 0 Å².